The Morgan fingerprint density at radius 2 is 2.00 bits per heavy atom. The Bertz CT molecular complexity index is 911. The molecule has 1 fully saturated rings. The lowest BCUT2D eigenvalue weighted by atomic mass is 10.0. The first-order valence-electron chi connectivity index (χ1n) is 10.7. The Kier molecular flexibility index (Phi) is 9.32. The molecule has 0 radical (unpaired) electrons. The maximum atomic E-state index is 13.1. The van der Waals surface area contributed by atoms with Crippen LogP contribution in [0, 0.1) is 0 Å². The maximum Gasteiger partial charge on any atom is 0.328 e. The third-order valence-electron chi connectivity index (χ3n) is 5.46. The third-order valence-corrected chi connectivity index (χ3v) is 6.49. The Hall–Kier alpha value is -2.16. The molecule has 1 aliphatic rings. The summed E-state index contributed by atoms with van der Waals surface area (Å²) in [5.41, 5.74) is 3.32. The van der Waals surface area contributed by atoms with Crippen LogP contribution >= 0.6 is 24.4 Å². The van der Waals surface area contributed by atoms with E-state index in [2.05, 4.69) is 28.6 Å². The van der Waals surface area contributed by atoms with E-state index in [0.29, 0.717) is 23.3 Å². The molecular formula is C24H31N3O3S2. The van der Waals surface area contributed by atoms with Crippen LogP contribution in [0.25, 0.3) is 11.1 Å². The number of rotatable bonds is 10. The van der Waals surface area contributed by atoms with Crippen LogP contribution in [0.3, 0.4) is 0 Å². The summed E-state index contributed by atoms with van der Waals surface area (Å²) in [6.45, 7) is 1.65. The summed E-state index contributed by atoms with van der Waals surface area (Å²) in [5.74, 6) is 0.0209. The molecule has 1 heterocycles. The van der Waals surface area contributed by atoms with E-state index in [1.807, 2.05) is 54.8 Å². The van der Waals surface area contributed by atoms with Gasteiger partial charge in [-0.05, 0) is 54.2 Å². The molecule has 172 valence electrons. The lowest BCUT2D eigenvalue weighted by molar-refractivity contribution is -0.142. The van der Waals surface area contributed by atoms with E-state index >= 15 is 0 Å². The van der Waals surface area contributed by atoms with Crippen LogP contribution in [0.5, 0.6) is 0 Å². The molecule has 3 rings (SSSR count). The number of benzene rings is 2. The molecular weight excluding hydrogens is 442 g/mol. The number of carbonyl (C=O) groups is 2. The highest BCUT2D eigenvalue weighted by Crippen LogP contribution is 2.25. The van der Waals surface area contributed by atoms with Crippen LogP contribution < -0.4 is 16.0 Å². The SMILES string of the molecule is COC(=O)C(CCSC)NC(=O)c1cc(NCC2CC(S)CN2)cc(-c2ccccc2)c1. The van der Waals surface area contributed by atoms with E-state index in [9.17, 15) is 9.59 Å². The van der Waals surface area contributed by atoms with E-state index < -0.39 is 12.0 Å². The molecule has 2 aromatic rings. The van der Waals surface area contributed by atoms with Crippen molar-refractivity contribution in [3.05, 3.63) is 54.1 Å². The van der Waals surface area contributed by atoms with Crippen molar-refractivity contribution in [2.24, 2.45) is 0 Å². The molecule has 1 saturated heterocycles. The number of thiol groups is 1. The monoisotopic (exact) mass is 473 g/mol. The molecule has 1 amide bonds. The summed E-state index contributed by atoms with van der Waals surface area (Å²) >= 11 is 6.16. The minimum absolute atomic E-state index is 0.295. The number of ether oxygens (including phenoxy) is 1. The highest BCUT2D eigenvalue weighted by Gasteiger charge is 2.23. The summed E-state index contributed by atoms with van der Waals surface area (Å²) in [5, 5.41) is 10.1. The van der Waals surface area contributed by atoms with Gasteiger partial charge in [0.15, 0.2) is 0 Å². The van der Waals surface area contributed by atoms with Gasteiger partial charge in [0.1, 0.15) is 6.04 Å². The first-order valence-corrected chi connectivity index (χ1v) is 12.6. The lowest BCUT2D eigenvalue weighted by Gasteiger charge is -2.18. The number of amides is 1. The summed E-state index contributed by atoms with van der Waals surface area (Å²) < 4.78 is 4.88. The summed E-state index contributed by atoms with van der Waals surface area (Å²) in [6, 6.07) is 15.3. The van der Waals surface area contributed by atoms with Gasteiger partial charge in [-0.1, -0.05) is 30.3 Å². The molecule has 2 aromatic carbocycles. The van der Waals surface area contributed by atoms with Crippen LogP contribution in [-0.4, -0.2) is 61.4 Å². The molecule has 6 nitrogen and oxygen atoms in total. The Morgan fingerprint density at radius 1 is 1.22 bits per heavy atom. The summed E-state index contributed by atoms with van der Waals surface area (Å²) in [4.78, 5) is 25.2. The van der Waals surface area contributed by atoms with Gasteiger partial charge in [0.2, 0.25) is 0 Å². The zero-order chi connectivity index (χ0) is 22.9. The molecule has 0 bridgehead atoms. The predicted molar refractivity (Wildman–Crippen MR) is 136 cm³/mol. The Balaban J connectivity index is 1.82. The third kappa shape index (κ3) is 6.92. The average Bonchev–Trinajstić information content (AvgIpc) is 3.25. The zero-order valence-corrected chi connectivity index (χ0v) is 20.2. The van der Waals surface area contributed by atoms with Gasteiger partial charge >= 0.3 is 5.97 Å². The lowest BCUT2D eigenvalue weighted by Crippen LogP contribution is -2.42. The maximum absolute atomic E-state index is 13.1. The van der Waals surface area contributed by atoms with Gasteiger partial charge in [-0.15, -0.1) is 0 Å². The van der Waals surface area contributed by atoms with Gasteiger partial charge in [-0.2, -0.15) is 24.4 Å². The molecule has 3 N–H and O–H groups in total. The van der Waals surface area contributed by atoms with Crippen molar-refractivity contribution in [3.63, 3.8) is 0 Å². The second-order valence-corrected chi connectivity index (χ2v) is 9.59. The number of esters is 1. The van der Waals surface area contributed by atoms with Crippen molar-refractivity contribution in [1.82, 2.24) is 10.6 Å². The number of nitrogens with one attached hydrogen (secondary N) is 3. The van der Waals surface area contributed by atoms with Crippen LogP contribution in [0.2, 0.25) is 0 Å². The Labute approximate surface area is 199 Å². The number of anilines is 1. The van der Waals surface area contributed by atoms with Gasteiger partial charge < -0.3 is 20.7 Å². The van der Waals surface area contributed by atoms with Crippen molar-refractivity contribution in [2.75, 3.05) is 37.5 Å². The molecule has 32 heavy (non-hydrogen) atoms. The quantitative estimate of drug-likeness (QED) is 0.313. The number of hydrogen-bond donors (Lipinski definition) is 4. The molecule has 8 heteroatoms. The van der Waals surface area contributed by atoms with Gasteiger partial charge in [0.05, 0.1) is 7.11 Å². The molecule has 0 saturated carbocycles. The molecule has 0 aromatic heterocycles. The van der Waals surface area contributed by atoms with E-state index in [-0.39, 0.29) is 5.91 Å². The second-order valence-electron chi connectivity index (χ2n) is 7.87. The summed E-state index contributed by atoms with van der Waals surface area (Å²) in [7, 11) is 1.34. The number of thioether (sulfide) groups is 1. The fraction of sp³-hybridized carbons (Fsp3) is 0.417. The van der Waals surface area contributed by atoms with Gasteiger partial charge in [0.25, 0.3) is 5.91 Å². The van der Waals surface area contributed by atoms with Gasteiger partial charge in [-0.3, -0.25) is 4.79 Å². The van der Waals surface area contributed by atoms with E-state index in [4.69, 9.17) is 4.74 Å². The highest BCUT2D eigenvalue weighted by atomic mass is 32.2. The number of methoxy groups -OCH3 is 1. The van der Waals surface area contributed by atoms with Crippen molar-refractivity contribution >= 4 is 42.0 Å². The van der Waals surface area contributed by atoms with Gasteiger partial charge in [-0.25, -0.2) is 4.79 Å². The topological polar surface area (TPSA) is 79.5 Å². The van der Waals surface area contributed by atoms with E-state index in [0.717, 1.165) is 42.1 Å². The fourth-order valence-corrected chi connectivity index (χ4v) is 4.55. The van der Waals surface area contributed by atoms with Crippen LogP contribution in [0.15, 0.2) is 48.5 Å². The highest BCUT2D eigenvalue weighted by molar-refractivity contribution is 7.98. The van der Waals surface area contributed by atoms with Crippen molar-refractivity contribution < 1.29 is 14.3 Å². The number of carbonyl (C=O) groups excluding carboxylic acids is 2. The average molecular weight is 474 g/mol. The minimum atomic E-state index is -0.674. The normalized spacial score (nSPS) is 18.7. The fourth-order valence-electron chi connectivity index (χ4n) is 3.72. The van der Waals surface area contributed by atoms with Crippen LogP contribution in [-0.2, 0) is 9.53 Å². The smallest absolute Gasteiger partial charge is 0.328 e. The second kappa shape index (κ2) is 12.2. The predicted octanol–water partition coefficient (Wildman–Crippen LogP) is 3.45. The molecule has 0 spiro atoms. The van der Waals surface area contributed by atoms with Crippen LogP contribution in [0.1, 0.15) is 23.2 Å². The van der Waals surface area contributed by atoms with Crippen molar-refractivity contribution in [3.8, 4) is 11.1 Å². The summed E-state index contributed by atoms with van der Waals surface area (Å²) in [6.07, 6.45) is 3.48. The zero-order valence-electron chi connectivity index (χ0n) is 18.5. The van der Waals surface area contributed by atoms with Gasteiger partial charge in [0, 0.05) is 35.6 Å². The first kappa shape index (κ1) is 24.5. The van der Waals surface area contributed by atoms with E-state index in [1.54, 1.807) is 11.8 Å². The number of hydrogen-bond acceptors (Lipinski definition) is 7. The Morgan fingerprint density at radius 3 is 2.66 bits per heavy atom. The van der Waals surface area contributed by atoms with Crippen LogP contribution in [0.4, 0.5) is 5.69 Å². The van der Waals surface area contributed by atoms with Crippen molar-refractivity contribution in [2.45, 2.75) is 30.2 Å². The largest absolute Gasteiger partial charge is 0.467 e. The first-order chi connectivity index (χ1) is 15.5. The molecule has 0 aliphatic carbocycles. The molecule has 3 atom stereocenters. The van der Waals surface area contributed by atoms with Crippen molar-refractivity contribution in [1.29, 1.82) is 0 Å². The molecule has 3 unspecified atom stereocenters. The minimum Gasteiger partial charge on any atom is -0.467 e. The standard InChI is InChI=1S/C24H31N3O3S2/c1-30-24(29)22(8-9-32-2)27-23(28)18-10-17(16-6-4-3-5-7-16)11-19(12-18)25-14-20-13-21(31)15-26-20/h3-7,10-12,20-22,25-26,31H,8-9,13-15H2,1-2H3,(H,27,28). The molecule has 1 aliphatic heterocycles. The van der Waals surface area contributed by atoms with E-state index in [1.165, 1.54) is 7.11 Å².